The molecule has 20 heavy (non-hydrogen) atoms. The maximum atomic E-state index is 10.6. The molecule has 0 aromatic rings. The average Bonchev–Trinajstić information content (AvgIpc) is 2.36. The summed E-state index contributed by atoms with van der Waals surface area (Å²) in [6, 6.07) is -0.716. The van der Waals surface area contributed by atoms with Gasteiger partial charge >= 0.3 is 11.9 Å². The predicted octanol–water partition coefficient (Wildman–Crippen LogP) is -0.967. The minimum Gasteiger partial charge on any atom is -0.480 e. The first-order valence-corrected chi connectivity index (χ1v) is 6.60. The van der Waals surface area contributed by atoms with Gasteiger partial charge in [0.25, 0.3) is 0 Å². The van der Waals surface area contributed by atoms with Crippen molar-refractivity contribution in [2.75, 3.05) is 13.1 Å². The van der Waals surface area contributed by atoms with Gasteiger partial charge in [-0.1, -0.05) is 6.42 Å². The number of nitrogens with one attached hydrogen (secondary N) is 1. The Kier molecular flexibility index (Phi) is 13.3. The van der Waals surface area contributed by atoms with Crippen LogP contribution >= 0.6 is 12.6 Å². The molecule has 0 saturated heterocycles. The van der Waals surface area contributed by atoms with Crippen LogP contribution in [0.25, 0.3) is 0 Å². The third-order valence-corrected chi connectivity index (χ3v) is 2.31. The van der Waals surface area contributed by atoms with E-state index in [0.717, 1.165) is 12.8 Å². The topological polar surface area (TPSA) is 156 Å². The number of carbonyl (C=O) groups excluding carboxylic acids is 1. The van der Waals surface area contributed by atoms with E-state index in [0.29, 0.717) is 13.0 Å². The van der Waals surface area contributed by atoms with Gasteiger partial charge in [0, 0.05) is 0 Å². The van der Waals surface area contributed by atoms with E-state index >= 15 is 0 Å². The largest absolute Gasteiger partial charge is 0.480 e. The molecule has 8 nitrogen and oxygen atoms in total. The van der Waals surface area contributed by atoms with E-state index in [4.69, 9.17) is 21.7 Å². The molecule has 9 heteroatoms. The molecule has 2 atom stereocenters. The van der Waals surface area contributed by atoms with Crippen LogP contribution in [0.4, 0.5) is 0 Å². The highest BCUT2D eigenvalue weighted by Gasteiger charge is 2.09. The van der Waals surface area contributed by atoms with Gasteiger partial charge in [0.05, 0.1) is 5.25 Å². The first-order valence-electron chi connectivity index (χ1n) is 6.08. The number of rotatable bonds is 8. The van der Waals surface area contributed by atoms with Crippen molar-refractivity contribution in [2.45, 2.75) is 37.5 Å². The second-order valence-electron chi connectivity index (χ2n) is 4.02. The van der Waals surface area contributed by atoms with E-state index in [9.17, 15) is 14.4 Å². The van der Waals surface area contributed by atoms with E-state index in [1.807, 2.05) is 0 Å². The van der Waals surface area contributed by atoms with E-state index in [1.54, 1.807) is 6.92 Å². The van der Waals surface area contributed by atoms with Crippen molar-refractivity contribution >= 4 is 30.5 Å². The van der Waals surface area contributed by atoms with Crippen molar-refractivity contribution in [3.05, 3.63) is 0 Å². The Morgan fingerprint density at radius 1 is 1.25 bits per heavy atom. The number of thiol groups is 1. The number of carboxylic acid groups (broad SMARTS) is 2. The van der Waals surface area contributed by atoms with E-state index < -0.39 is 23.2 Å². The first-order chi connectivity index (χ1) is 9.22. The SMILES string of the molecule is C[C@H](S)C(=O)NCC(=O)O.NCCCCC(N)C(=O)O. The minimum atomic E-state index is -1.05. The summed E-state index contributed by atoms with van der Waals surface area (Å²) >= 11 is 3.79. The van der Waals surface area contributed by atoms with Gasteiger partial charge in [-0.15, -0.1) is 0 Å². The van der Waals surface area contributed by atoms with Crippen molar-refractivity contribution in [1.29, 1.82) is 0 Å². The molecular formula is C11H23N3O5S. The normalized spacial score (nSPS) is 12.6. The van der Waals surface area contributed by atoms with Crippen LogP contribution in [0, 0.1) is 0 Å². The lowest BCUT2D eigenvalue weighted by Crippen LogP contribution is -2.33. The smallest absolute Gasteiger partial charge is 0.322 e. The fourth-order valence-corrected chi connectivity index (χ4v) is 1.03. The third kappa shape index (κ3) is 14.7. The van der Waals surface area contributed by atoms with Crippen molar-refractivity contribution in [3.8, 4) is 0 Å². The van der Waals surface area contributed by atoms with Crippen molar-refractivity contribution in [2.24, 2.45) is 11.5 Å². The second kappa shape index (κ2) is 12.7. The van der Waals surface area contributed by atoms with Crippen LogP contribution in [-0.4, -0.2) is 52.4 Å². The van der Waals surface area contributed by atoms with E-state index in [1.165, 1.54) is 0 Å². The third-order valence-electron chi connectivity index (χ3n) is 2.08. The Morgan fingerprint density at radius 2 is 1.80 bits per heavy atom. The zero-order chi connectivity index (χ0) is 16.1. The lowest BCUT2D eigenvalue weighted by atomic mass is 10.1. The molecule has 7 N–H and O–H groups in total. The lowest BCUT2D eigenvalue weighted by molar-refractivity contribution is -0.139. The lowest BCUT2D eigenvalue weighted by Gasteiger charge is -2.03. The predicted molar refractivity (Wildman–Crippen MR) is 77.6 cm³/mol. The summed E-state index contributed by atoms with van der Waals surface area (Å²) in [4.78, 5) is 30.6. The van der Waals surface area contributed by atoms with Gasteiger partial charge < -0.3 is 27.0 Å². The number of amides is 1. The molecule has 0 spiro atoms. The zero-order valence-electron chi connectivity index (χ0n) is 11.4. The van der Waals surface area contributed by atoms with Gasteiger partial charge in [0.2, 0.25) is 5.91 Å². The molecule has 1 unspecified atom stereocenters. The highest BCUT2D eigenvalue weighted by Crippen LogP contribution is 1.97. The number of unbranched alkanes of at least 4 members (excludes halogenated alkanes) is 1. The van der Waals surface area contributed by atoms with Crippen LogP contribution in [0.15, 0.2) is 0 Å². The standard InChI is InChI=1S/C6H14N2O2.C5H9NO3S/c7-4-2-1-3-5(8)6(9)10;1-3(10)5(9)6-2-4(7)8/h5H,1-4,7-8H2,(H,9,10);3,10H,2H2,1H3,(H,6,9)(H,7,8)/t;3-/m.0/s1. The minimum absolute atomic E-state index is 0.344. The Balaban J connectivity index is 0. The Labute approximate surface area is 123 Å². The van der Waals surface area contributed by atoms with Gasteiger partial charge in [-0.2, -0.15) is 12.6 Å². The summed E-state index contributed by atoms with van der Waals surface area (Å²) in [5.41, 5.74) is 10.4. The van der Waals surface area contributed by atoms with Crippen LogP contribution < -0.4 is 16.8 Å². The molecule has 0 heterocycles. The van der Waals surface area contributed by atoms with Gasteiger partial charge in [-0.3, -0.25) is 14.4 Å². The fourth-order valence-electron chi connectivity index (χ4n) is 0.942. The van der Waals surface area contributed by atoms with E-state index in [-0.39, 0.29) is 12.5 Å². The molecule has 0 saturated carbocycles. The van der Waals surface area contributed by atoms with E-state index in [2.05, 4.69) is 17.9 Å². The number of aliphatic carboxylic acids is 2. The second-order valence-corrected chi connectivity index (χ2v) is 4.79. The Hall–Kier alpha value is -1.32. The molecule has 0 rings (SSSR count). The van der Waals surface area contributed by atoms with Crippen LogP contribution in [0.1, 0.15) is 26.2 Å². The summed E-state index contributed by atoms with van der Waals surface area (Å²) in [7, 11) is 0. The van der Waals surface area contributed by atoms with Crippen molar-refractivity contribution in [3.63, 3.8) is 0 Å². The van der Waals surface area contributed by atoms with Gasteiger partial charge in [0.1, 0.15) is 12.6 Å². The van der Waals surface area contributed by atoms with Crippen LogP contribution in [-0.2, 0) is 14.4 Å². The molecule has 0 aromatic heterocycles. The van der Waals surface area contributed by atoms with Gasteiger partial charge in [0.15, 0.2) is 0 Å². The maximum absolute atomic E-state index is 10.6. The molecule has 0 aliphatic carbocycles. The number of nitrogens with two attached hydrogens (primary N) is 2. The fraction of sp³-hybridized carbons (Fsp3) is 0.727. The zero-order valence-corrected chi connectivity index (χ0v) is 12.3. The van der Waals surface area contributed by atoms with Crippen molar-refractivity contribution in [1.82, 2.24) is 5.32 Å². The van der Waals surface area contributed by atoms with Crippen molar-refractivity contribution < 1.29 is 24.6 Å². The summed E-state index contributed by atoms with van der Waals surface area (Å²) in [5, 5.41) is 18.1. The number of carboxylic acids is 2. The molecule has 0 aliphatic heterocycles. The summed E-state index contributed by atoms with van der Waals surface area (Å²) in [5.74, 6) is -2.36. The first kappa shape index (κ1) is 21.0. The van der Waals surface area contributed by atoms with Crippen LogP contribution in [0.3, 0.4) is 0 Å². The average molecular weight is 309 g/mol. The summed E-state index contributed by atoms with van der Waals surface area (Å²) < 4.78 is 0. The Morgan fingerprint density at radius 3 is 2.15 bits per heavy atom. The molecular weight excluding hydrogens is 286 g/mol. The highest BCUT2D eigenvalue weighted by atomic mass is 32.1. The van der Waals surface area contributed by atoms with Gasteiger partial charge in [-0.25, -0.2) is 0 Å². The molecule has 118 valence electrons. The monoisotopic (exact) mass is 309 g/mol. The summed E-state index contributed by atoms with van der Waals surface area (Å²) in [6.07, 6.45) is 2.16. The van der Waals surface area contributed by atoms with Crippen LogP contribution in [0.5, 0.6) is 0 Å². The molecule has 0 fully saturated rings. The number of carbonyl (C=O) groups is 3. The van der Waals surface area contributed by atoms with Gasteiger partial charge in [-0.05, 0) is 26.3 Å². The number of hydrogen-bond acceptors (Lipinski definition) is 6. The van der Waals surface area contributed by atoms with Crippen LogP contribution in [0.2, 0.25) is 0 Å². The molecule has 0 bridgehead atoms. The maximum Gasteiger partial charge on any atom is 0.322 e. The number of hydrogen-bond donors (Lipinski definition) is 6. The highest BCUT2D eigenvalue weighted by molar-refractivity contribution is 7.81. The summed E-state index contributed by atoms with van der Waals surface area (Å²) in [6.45, 7) is 1.83. The quantitative estimate of drug-likeness (QED) is 0.249. The molecule has 0 radical (unpaired) electrons. The molecule has 1 amide bonds. The Bertz CT molecular complexity index is 312. The molecule has 0 aromatic carbocycles. The molecule has 0 aliphatic rings.